The van der Waals surface area contributed by atoms with Gasteiger partial charge in [-0.05, 0) is 36.7 Å². The maximum Gasteiger partial charge on any atom is 0.335 e. The van der Waals surface area contributed by atoms with Gasteiger partial charge in [0.05, 0.1) is 36.0 Å². The summed E-state index contributed by atoms with van der Waals surface area (Å²) in [5.74, 6) is -1.29. The predicted octanol–water partition coefficient (Wildman–Crippen LogP) is 2.14. The summed E-state index contributed by atoms with van der Waals surface area (Å²) in [6, 6.07) is 10.3. The number of carbonyl (C=O) groups is 2. The Labute approximate surface area is 167 Å². The van der Waals surface area contributed by atoms with E-state index in [4.69, 9.17) is 10.8 Å². The molecular weight excluding hydrogens is 370 g/mol. The van der Waals surface area contributed by atoms with E-state index in [2.05, 4.69) is 15.2 Å². The van der Waals surface area contributed by atoms with Crippen LogP contribution >= 0.6 is 0 Å². The lowest BCUT2D eigenvalue weighted by atomic mass is 9.95. The van der Waals surface area contributed by atoms with Crippen molar-refractivity contribution >= 4 is 11.9 Å². The number of nitrogens with two attached hydrogens (primary N) is 1. The number of nitrogens with one attached hydrogen (secondary N) is 1. The molecule has 3 heterocycles. The molecule has 4 rings (SSSR count). The van der Waals surface area contributed by atoms with E-state index in [1.807, 2.05) is 12.1 Å². The quantitative estimate of drug-likeness (QED) is 0.591. The Morgan fingerprint density at radius 1 is 1.21 bits per heavy atom. The third-order valence-electron chi connectivity index (χ3n) is 5.21. The topological polar surface area (TPSA) is 125 Å². The first kappa shape index (κ1) is 18.8. The molecule has 29 heavy (non-hydrogen) atoms. The van der Waals surface area contributed by atoms with E-state index >= 15 is 0 Å². The van der Waals surface area contributed by atoms with Crippen molar-refractivity contribution in [2.45, 2.75) is 25.4 Å². The van der Waals surface area contributed by atoms with Gasteiger partial charge >= 0.3 is 5.97 Å². The average molecular weight is 391 g/mol. The molecule has 1 aliphatic heterocycles. The number of carbonyl (C=O) groups excluding carboxylic acids is 1. The summed E-state index contributed by atoms with van der Waals surface area (Å²) >= 11 is 0. The molecule has 3 aromatic rings. The van der Waals surface area contributed by atoms with Gasteiger partial charge in [-0.25, -0.2) is 4.79 Å². The number of benzene rings is 1. The highest BCUT2D eigenvalue weighted by molar-refractivity contribution is 5.88. The molecule has 1 aliphatic rings. The number of pyridine rings is 1. The van der Waals surface area contributed by atoms with Gasteiger partial charge < -0.3 is 15.7 Å². The number of aromatic nitrogens is 3. The van der Waals surface area contributed by atoms with Gasteiger partial charge in [-0.15, -0.1) is 0 Å². The summed E-state index contributed by atoms with van der Waals surface area (Å²) in [7, 11) is 0. The molecule has 0 spiro atoms. The molecule has 8 heteroatoms. The Balaban J connectivity index is 1.56. The Hall–Kier alpha value is -3.52. The minimum atomic E-state index is -0.970. The molecule has 2 aromatic heterocycles. The van der Waals surface area contributed by atoms with Crippen LogP contribution in [0.3, 0.4) is 0 Å². The van der Waals surface area contributed by atoms with Crippen LogP contribution in [-0.4, -0.2) is 43.6 Å². The minimum Gasteiger partial charge on any atom is -0.478 e. The SMILES string of the molecule is NCCC(C(=O)N1Cc2[nH]nc(-c3ccc(C(=O)O)cc3)c2C1)c1cccnc1. The number of aromatic amines is 1. The van der Waals surface area contributed by atoms with Gasteiger partial charge in [-0.3, -0.25) is 14.9 Å². The second-order valence-corrected chi connectivity index (χ2v) is 7.02. The fraction of sp³-hybridized carbons (Fsp3) is 0.238. The monoisotopic (exact) mass is 391 g/mol. The van der Waals surface area contributed by atoms with Gasteiger partial charge in [0.1, 0.15) is 0 Å². The number of amides is 1. The fourth-order valence-corrected chi connectivity index (χ4v) is 3.71. The molecule has 1 aromatic carbocycles. The van der Waals surface area contributed by atoms with Crippen LogP contribution in [0.25, 0.3) is 11.3 Å². The number of nitrogens with zero attached hydrogens (tertiary/aromatic N) is 3. The fourth-order valence-electron chi connectivity index (χ4n) is 3.71. The number of aromatic carboxylic acids is 1. The zero-order valence-corrected chi connectivity index (χ0v) is 15.7. The van der Waals surface area contributed by atoms with E-state index in [1.54, 1.807) is 41.6 Å². The molecule has 148 valence electrons. The van der Waals surface area contributed by atoms with Gasteiger partial charge in [-0.1, -0.05) is 18.2 Å². The Kier molecular flexibility index (Phi) is 5.09. The lowest BCUT2D eigenvalue weighted by Gasteiger charge is -2.23. The summed E-state index contributed by atoms with van der Waals surface area (Å²) in [6.07, 6.45) is 3.95. The highest BCUT2D eigenvalue weighted by Crippen LogP contribution is 2.33. The van der Waals surface area contributed by atoms with Crippen molar-refractivity contribution in [3.05, 3.63) is 71.2 Å². The number of hydrogen-bond acceptors (Lipinski definition) is 5. The molecule has 0 aliphatic carbocycles. The van der Waals surface area contributed by atoms with E-state index < -0.39 is 5.97 Å². The van der Waals surface area contributed by atoms with Gasteiger partial charge in [0.2, 0.25) is 5.91 Å². The molecule has 1 atom stereocenters. The Morgan fingerprint density at radius 2 is 2.00 bits per heavy atom. The van der Waals surface area contributed by atoms with Gasteiger partial charge in [0.15, 0.2) is 0 Å². The number of rotatable bonds is 6. The largest absolute Gasteiger partial charge is 0.478 e. The van der Waals surface area contributed by atoms with Gasteiger partial charge in [-0.2, -0.15) is 5.10 Å². The molecule has 8 nitrogen and oxygen atoms in total. The van der Waals surface area contributed by atoms with Crippen molar-refractivity contribution in [1.82, 2.24) is 20.1 Å². The van der Waals surface area contributed by atoms with Crippen molar-refractivity contribution in [3.8, 4) is 11.3 Å². The van der Waals surface area contributed by atoms with Gasteiger partial charge in [0.25, 0.3) is 0 Å². The van der Waals surface area contributed by atoms with Crippen LogP contribution in [0.15, 0.2) is 48.8 Å². The first-order chi connectivity index (χ1) is 14.1. The maximum atomic E-state index is 13.2. The summed E-state index contributed by atoms with van der Waals surface area (Å²) in [4.78, 5) is 30.2. The first-order valence-electron chi connectivity index (χ1n) is 9.37. The highest BCUT2D eigenvalue weighted by Gasteiger charge is 2.32. The lowest BCUT2D eigenvalue weighted by Crippen LogP contribution is -2.32. The molecule has 0 saturated carbocycles. The van der Waals surface area contributed by atoms with E-state index in [9.17, 15) is 9.59 Å². The van der Waals surface area contributed by atoms with Crippen molar-refractivity contribution in [1.29, 1.82) is 0 Å². The number of hydrogen-bond donors (Lipinski definition) is 3. The summed E-state index contributed by atoms with van der Waals surface area (Å²) in [5.41, 5.74) is 10.2. The second kappa shape index (κ2) is 7.84. The van der Waals surface area contributed by atoms with Crippen LogP contribution in [-0.2, 0) is 17.9 Å². The molecule has 1 amide bonds. The van der Waals surface area contributed by atoms with Crippen LogP contribution in [0.2, 0.25) is 0 Å². The Bertz CT molecular complexity index is 1030. The summed E-state index contributed by atoms with van der Waals surface area (Å²) in [5, 5.41) is 16.5. The molecule has 4 N–H and O–H groups in total. The number of carboxylic acids is 1. The first-order valence-corrected chi connectivity index (χ1v) is 9.37. The van der Waals surface area contributed by atoms with Gasteiger partial charge in [0, 0.05) is 23.5 Å². The minimum absolute atomic E-state index is 0.0141. The summed E-state index contributed by atoms with van der Waals surface area (Å²) in [6.45, 7) is 1.31. The van der Waals surface area contributed by atoms with Crippen LogP contribution in [0.5, 0.6) is 0 Å². The molecule has 1 unspecified atom stereocenters. The van der Waals surface area contributed by atoms with E-state index in [1.165, 1.54) is 0 Å². The number of carboxylic acid groups (broad SMARTS) is 1. The lowest BCUT2D eigenvalue weighted by molar-refractivity contribution is -0.133. The van der Waals surface area contributed by atoms with Crippen LogP contribution in [0, 0.1) is 0 Å². The Morgan fingerprint density at radius 3 is 2.66 bits per heavy atom. The molecule has 0 radical (unpaired) electrons. The molecular formula is C21H21N5O3. The van der Waals surface area contributed by atoms with Crippen LogP contribution < -0.4 is 5.73 Å². The zero-order chi connectivity index (χ0) is 20.4. The van der Waals surface area contributed by atoms with Crippen molar-refractivity contribution < 1.29 is 14.7 Å². The summed E-state index contributed by atoms with van der Waals surface area (Å²) < 4.78 is 0. The third kappa shape index (κ3) is 3.62. The smallest absolute Gasteiger partial charge is 0.335 e. The van der Waals surface area contributed by atoms with Crippen LogP contribution in [0.4, 0.5) is 0 Å². The molecule has 0 saturated heterocycles. The normalized spacial score (nSPS) is 13.9. The highest BCUT2D eigenvalue weighted by atomic mass is 16.4. The average Bonchev–Trinajstić information content (AvgIpc) is 3.33. The van der Waals surface area contributed by atoms with E-state index in [0.717, 1.165) is 28.1 Å². The number of fused-ring (bicyclic) bond motifs is 1. The van der Waals surface area contributed by atoms with Crippen molar-refractivity contribution in [2.24, 2.45) is 5.73 Å². The van der Waals surface area contributed by atoms with Crippen LogP contribution in [0.1, 0.15) is 39.5 Å². The zero-order valence-electron chi connectivity index (χ0n) is 15.7. The second-order valence-electron chi connectivity index (χ2n) is 7.02. The maximum absolute atomic E-state index is 13.2. The van der Waals surface area contributed by atoms with E-state index in [-0.39, 0.29) is 17.4 Å². The van der Waals surface area contributed by atoms with E-state index in [0.29, 0.717) is 26.1 Å². The standard InChI is InChI=1S/C21H21N5O3/c22-8-7-16(15-2-1-9-23-10-15)20(27)26-11-17-18(12-26)24-25-19(17)13-3-5-14(6-4-13)21(28)29/h1-6,9-10,16H,7-8,11-12,22H2,(H,24,25)(H,28,29). The molecule has 0 fully saturated rings. The van der Waals surface area contributed by atoms with Crippen molar-refractivity contribution in [3.63, 3.8) is 0 Å². The molecule has 0 bridgehead atoms. The number of H-pyrrole nitrogens is 1. The predicted molar refractivity (Wildman–Crippen MR) is 106 cm³/mol. The van der Waals surface area contributed by atoms with Crippen molar-refractivity contribution in [2.75, 3.05) is 6.54 Å². The third-order valence-corrected chi connectivity index (χ3v) is 5.21.